The number of aliphatic imine (C=N–C) groups is 1. The lowest BCUT2D eigenvalue weighted by molar-refractivity contribution is 0.577. The molecular formula is C10H15N. The topological polar surface area (TPSA) is 12.4 Å². The molecule has 0 aromatic rings. The van der Waals surface area contributed by atoms with Gasteiger partial charge in [-0.25, -0.2) is 0 Å². The second-order valence-electron chi connectivity index (χ2n) is 3.76. The Bertz CT molecular complexity index is 231. The first kappa shape index (κ1) is 7.08. The van der Waals surface area contributed by atoms with Crippen molar-refractivity contribution >= 4 is 5.71 Å². The predicted octanol–water partition coefficient (Wildman–Crippen LogP) is 2.58. The molecular weight excluding hydrogens is 134 g/mol. The van der Waals surface area contributed by atoms with Crippen LogP contribution in [0.1, 0.15) is 33.1 Å². The molecule has 2 aliphatic rings. The molecule has 1 aliphatic carbocycles. The van der Waals surface area contributed by atoms with Crippen molar-refractivity contribution in [3.63, 3.8) is 0 Å². The van der Waals surface area contributed by atoms with Gasteiger partial charge in [-0.05, 0) is 43.3 Å². The Balaban J connectivity index is 2.14. The molecule has 11 heavy (non-hydrogen) atoms. The van der Waals surface area contributed by atoms with Crippen molar-refractivity contribution in [3.8, 4) is 0 Å². The maximum Gasteiger partial charge on any atom is 0.0611 e. The molecule has 0 bridgehead atoms. The third kappa shape index (κ3) is 1.03. The van der Waals surface area contributed by atoms with Crippen LogP contribution < -0.4 is 0 Å². The van der Waals surface area contributed by atoms with Gasteiger partial charge in [0.1, 0.15) is 0 Å². The van der Waals surface area contributed by atoms with Gasteiger partial charge in [-0.3, -0.25) is 4.99 Å². The van der Waals surface area contributed by atoms with Gasteiger partial charge in [0.05, 0.1) is 6.54 Å². The summed E-state index contributed by atoms with van der Waals surface area (Å²) in [6.07, 6.45) is 6.40. The summed E-state index contributed by atoms with van der Waals surface area (Å²) in [6, 6.07) is 0. The quantitative estimate of drug-likeness (QED) is 0.572. The van der Waals surface area contributed by atoms with Crippen molar-refractivity contribution < 1.29 is 0 Å². The van der Waals surface area contributed by atoms with Crippen molar-refractivity contribution in [1.29, 1.82) is 0 Å². The molecule has 1 nitrogen and oxygen atoms in total. The fourth-order valence-electron chi connectivity index (χ4n) is 1.93. The summed E-state index contributed by atoms with van der Waals surface area (Å²) in [7, 11) is 0. The Morgan fingerprint density at radius 3 is 2.64 bits per heavy atom. The molecule has 2 rings (SSSR count). The first-order valence-electron chi connectivity index (χ1n) is 4.49. The SMILES string of the molecule is CCC1(C2=CC(C)=NC2)CC1. The summed E-state index contributed by atoms with van der Waals surface area (Å²) >= 11 is 0. The molecule has 0 saturated heterocycles. The molecule has 0 N–H and O–H groups in total. The lowest BCUT2D eigenvalue weighted by Gasteiger charge is -2.12. The highest BCUT2D eigenvalue weighted by atomic mass is 14.8. The molecule has 0 amide bonds. The second kappa shape index (κ2) is 2.20. The third-order valence-corrected chi connectivity index (χ3v) is 3.09. The van der Waals surface area contributed by atoms with Crippen molar-refractivity contribution in [2.45, 2.75) is 33.1 Å². The Labute approximate surface area is 68.2 Å². The zero-order valence-electron chi connectivity index (χ0n) is 7.35. The first-order valence-corrected chi connectivity index (χ1v) is 4.49. The molecule has 0 aromatic heterocycles. The Kier molecular flexibility index (Phi) is 1.41. The van der Waals surface area contributed by atoms with Gasteiger partial charge in [-0.2, -0.15) is 0 Å². The van der Waals surface area contributed by atoms with Crippen molar-refractivity contribution in [3.05, 3.63) is 11.6 Å². The molecule has 0 unspecified atom stereocenters. The number of nitrogens with zero attached hydrogens (tertiary/aromatic N) is 1. The van der Waals surface area contributed by atoms with Crippen molar-refractivity contribution in [1.82, 2.24) is 0 Å². The van der Waals surface area contributed by atoms with Crippen LogP contribution in [0.5, 0.6) is 0 Å². The van der Waals surface area contributed by atoms with Crippen LogP contribution in [0.25, 0.3) is 0 Å². The lowest BCUT2D eigenvalue weighted by atomic mass is 9.93. The highest BCUT2D eigenvalue weighted by molar-refractivity contribution is 5.95. The van der Waals surface area contributed by atoms with E-state index < -0.39 is 0 Å². The molecule has 1 heterocycles. The number of hydrogen-bond donors (Lipinski definition) is 0. The minimum atomic E-state index is 0.598. The van der Waals surface area contributed by atoms with Gasteiger partial charge >= 0.3 is 0 Å². The Morgan fingerprint density at radius 2 is 2.27 bits per heavy atom. The summed E-state index contributed by atoms with van der Waals surface area (Å²) in [5.41, 5.74) is 3.42. The Hall–Kier alpha value is -0.590. The normalized spacial score (nSPS) is 26.4. The van der Waals surface area contributed by atoms with E-state index in [0.717, 1.165) is 6.54 Å². The van der Waals surface area contributed by atoms with E-state index in [2.05, 4.69) is 24.9 Å². The lowest BCUT2D eigenvalue weighted by Crippen LogP contribution is -2.03. The van der Waals surface area contributed by atoms with E-state index >= 15 is 0 Å². The van der Waals surface area contributed by atoms with E-state index in [9.17, 15) is 0 Å². The van der Waals surface area contributed by atoms with E-state index in [1.807, 2.05) is 0 Å². The van der Waals surface area contributed by atoms with Crippen LogP contribution in [0.2, 0.25) is 0 Å². The zero-order valence-corrected chi connectivity index (χ0v) is 7.35. The second-order valence-corrected chi connectivity index (χ2v) is 3.76. The molecule has 1 saturated carbocycles. The highest BCUT2D eigenvalue weighted by Crippen LogP contribution is 2.55. The van der Waals surface area contributed by atoms with Crippen LogP contribution in [0.3, 0.4) is 0 Å². The molecule has 1 heteroatoms. The van der Waals surface area contributed by atoms with Gasteiger partial charge in [-0.1, -0.05) is 6.92 Å². The van der Waals surface area contributed by atoms with Crippen LogP contribution in [0.15, 0.2) is 16.6 Å². The van der Waals surface area contributed by atoms with Gasteiger partial charge in [0.25, 0.3) is 0 Å². The van der Waals surface area contributed by atoms with Crippen LogP contribution in [0.4, 0.5) is 0 Å². The average Bonchev–Trinajstić information content (AvgIpc) is 2.70. The van der Waals surface area contributed by atoms with Gasteiger partial charge in [-0.15, -0.1) is 0 Å². The summed E-state index contributed by atoms with van der Waals surface area (Å²) in [5, 5.41) is 0. The average molecular weight is 149 g/mol. The predicted molar refractivity (Wildman–Crippen MR) is 48.0 cm³/mol. The van der Waals surface area contributed by atoms with E-state index in [4.69, 9.17) is 0 Å². The van der Waals surface area contributed by atoms with Crippen LogP contribution >= 0.6 is 0 Å². The molecule has 60 valence electrons. The fourth-order valence-corrected chi connectivity index (χ4v) is 1.93. The van der Waals surface area contributed by atoms with Crippen LogP contribution in [-0.4, -0.2) is 12.3 Å². The molecule has 0 aromatic carbocycles. The van der Waals surface area contributed by atoms with E-state index in [-0.39, 0.29) is 0 Å². The largest absolute Gasteiger partial charge is 0.286 e. The van der Waals surface area contributed by atoms with Crippen LogP contribution in [-0.2, 0) is 0 Å². The van der Waals surface area contributed by atoms with Gasteiger partial charge in [0, 0.05) is 5.71 Å². The maximum atomic E-state index is 4.40. The van der Waals surface area contributed by atoms with Gasteiger partial charge in [0.2, 0.25) is 0 Å². The smallest absolute Gasteiger partial charge is 0.0611 e. The number of allylic oxidation sites excluding steroid dienone is 1. The fraction of sp³-hybridized carbons (Fsp3) is 0.700. The van der Waals surface area contributed by atoms with Crippen LogP contribution in [0, 0.1) is 5.41 Å². The minimum Gasteiger partial charge on any atom is -0.286 e. The monoisotopic (exact) mass is 149 g/mol. The summed E-state index contributed by atoms with van der Waals surface area (Å²) in [6.45, 7) is 5.37. The van der Waals surface area contributed by atoms with Gasteiger partial charge in [0.15, 0.2) is 0 Å². The van der Waals surface area contributed by atoms with E-state index in [0.29, 0.717) is 5.41 Å². The van der Waals surface area contributed by atoms with E-state index in [1.54, 1.807) is 5.57 Å². The number of rotatable bonds is 2. The first-order chi connectivity index (χ1) is 5.27. The summed E-state index contributed by atoms with van der Waals surface area (Å²) in [4.78, 5) is 4.40. The minimum absolute atomic E-state index is 0.598. The molecule has 1 aliphatic heterocycles. The molecule has 0 radical (unpaired) electrons. The highest BCUT2D eigenvalue weighted by Gasteiger charge is 2.44. The molecule has 0 atom stereocenters. The third-order valence-electron chi connectivity index (χ3n) is 3.09. The summed E-state index contributed by atoms with van der Waals surface area (Å²) < 4.78 is 0. The molecule has 1 fully saturated rings. The number of hydrogen-bond acceptors (Lipinski definition) is 1. The standard InChI is InChI=1S/C10H15N/c1-3-10(4-5-10)9-6-8(2)11-7-9/h6H,3-5,7H2,1-2H3. The molecule has 0 spiro atoms. The van der Waals surface area contributed by atoms with E-state index in [1.165, 1.54) is 25.0 Å². The summed E-state index contributed by atoms with van der Waals surface area (Å²) in [5.74, 6) is 0. The maximum absolute atomic E-state index is 4.40. The van der Waals surface area contributed by atoms with Gasteiger partial charge < -0.3 is 0 Å². The Morgan fingerprint density at radius 1 is 1.55 bits per heavy atom. The zero-order chi connectivity index (χ0) is 7.90. The van der Waals surface area contributed by atoms with Crippen molar-refractivity contribution in [2.24, 2.45) is 10.4 Å². The van der Waals surface area contributed by atoms with Crippen molar-refractivity contribution in [2.75, 3.05) is 6.54 Å².